The quantitative estimate of drug-likeness (QED) is 0.909. The number of nitrogens with zero attached hydrogens (tertiary/aromatic N) is 2. The van der Waals surface area contributed by atoms with E-state index in [4.69, 9.17) is 4.74 Å². The first-order valence-electron chi connectivity index (χ1n) is 8.90. The van der Waals surface area contributed by atoms with Crippen LogP contribution in [0.3, 0.4) is 0 Å². The highest BCUT2D eigenvalue weighted by Crippen LogP contribution is 2.39. The van der Waals surface area contributed by atoms with Gasteiger partial charge in [-0.3, -0.25) is 9.48 Å². The number of amides is 1. The van der Waals surface area contributed by atoms with Crippen LogP contribution in [0.15, 0.2) is 24.3 Å². The molecule has 1 fully saturated rings. The van der Waals surface area contributed by atoms with E-state index in [1.807, 2.05) is 37.7 Å². The monoisotopic (exact) mass is 341 g/mol. The molecule has 2 aromatic rings. The van der Waals surface area contributed by atoms with Gasteiger partial charge in [-0.15, -0.1) is 0 Å². The second kappa shape index (κ2) is 6.90. The molecule has 0 atom stereocenters. The maximum absolute atomic E-state index is 12.8. The summed E-state index contributed by atoms with van der Waals surface area (Å²) < 4.78 is 7.10. The van der Waals surface area contributed by atoms with Crippen molar-refractivity contribution in [2.24, 2.45) is 7.05 Å². The number of aromatic nitrogens is 2. The number of carbonyl (C=O) groups is 1. The van der Waals surface area contributed by atoms with Crippen LogP contribution in [0.4, 0.5) is 0 Å². The lowest BCUT2D eigenvalue weighted by Crippen LogP contribution is -2.44. The zero-order chi connectivity index (χ0) is 18.0. The van der Waals surface area contributed by atoms with Gasteiger partial charge in [0.15, 0.2) is 0 Å². The fourth-order valence-electron chi connectivity index (χ4n) is 3.92. The van der Waals surface area contributed by atoms with Crippen molar-refractivity contribution in [2.45, 2.75) is 51.5 Å². The van der Waals surface area contributed by atoms with Gasteiger partial charge in [-0.2, -0.15) is 5.10 Å². The Balaban J connectivity index is 1.80. The van der Waals surface area contributed by atoms with Crippen LogP contribution in [0.2, 0.25) is 0 Å². The van der Waals surface area contributed by atoms with E-state index in [2.05, 4.69) is 22.5 Å². The second-order valence-electron chi connectivity index (χ2n) is 7.02. The predicted molar refractivity (Wildman–Crippen MR) is 97.7 cm³/mol. The Morgan fingerprint density at radius 1 is 1.24 bits per heavy atom. The van der Waals surface area contributed by atoms with Crippen molar-refractivity contribution in [1.82, 2.24) is 15.1 Å². The summed E-state index contributed by atoms with van der Waals surface area (Å²) in [7, 11) is 3.58. The SMILES string of the molecule is COc1ccc(C2(NC(=O)Cc3c(C)nn(C)c3C)CCCC2)cc1. The van der Waals surface area contributed by atoms with Crippen molar-refractivity contribution in [1.29, 1.82) is 0 Å². The van der Waals surface area contributed by atoms with Crippen molar-refractivity contribution < 1.29 is 9.53 Å². The van der Waals surface area contributed by atoms with Crippen LogP contribution in [0.5, 0.6) is 5.75 Å². The van der Waals surface area contributed by atoms with E-state index in [9.17, 15) is 4.79 Å². The molecular formula is C20H27N3O2. The number of hydrogen-bond donors (Lipinski definition) is 1. The summed E-state index contributed by atoms with van der Waals surface area (Å²) in [4.78, 5) is 12.8. The molecule has 1 saturated carbocycles. The average Bonchev–Trinajstić information content (AvgIpc) is 3.16. The minimum absolute atomic E-state index is 0.0666. The Morgan fingerprint density at radius 2 is 1.88 bits per heavy atom. The van der Waals surface area contributed by atoms with Gasteiger partial charge in [-0.1, -0.05) is 25.0 Å². The third kappa shape index (κ3) is 3.41. The first-order chi connectivity index (χ1) is 11.9. The van der Waals surface area contributed by atoms with Crippen molar-refractivity contribution in [3.05, 3.63) is 46.8 Å². The number of ether oxygens (including phenoxy) is 1. The van der Waals surface area contributed by atoms with E-state index in [1.54, 1.807) is 7.11 Å². The molecule has 1 N–H and O–H groups in total. The molecule has 0 radical (unpaired) electrons. The van der Waals surface area contributed by atoms with E-state index < -0.39 is 0 Å². The van der Waals surface area contributed by atoms with Crippen molar-refractivity contribution >= 4 is 5.91 Å². The highest BCUT2D eigenvalue weighted by Gasteiger charge is 2.37. The molecule has 1 aliphatic carbocycles. The van der Waals surface area contributed by atoms with Gasteiger partial charge in [0.1, 0.15) is 5.75 Å². The van der Waals surface area contributed by atoms with Gasteiger partial charge in [0.05, 0.1) is 24.8 Å². The molecule has 1 aliphatic rings. The highest BCUT2D eigenvalue weighted by atomic mass is 16.5. The molecule has 134 valence electrons. The zero-order valence-electron chi connectivity index (χ0n) is 15.6. The van der Waals surface area contributed by atoms with Crippen LogP contribution in [0, 0.1) is 13.8 Å². The minimum Gasteiger partial charge on any atom is -0.497 e. The lowest BCUT2D eigenvalue weighted by molar-refractivity contribution is -0.122. The smallest absolute Gasteiger partial charge is 0.225 e. The number of methoxy groups -OCH3 is 1. The first-order valence-corrected chi connectivity index (χ1v) is 8.90. The molecular weight excluding hydrogens is 314 g/mol. The number of carbonyl (C=O) groups excluding carboxylic acids is 1. The summed E-state index contributed by atoms with van der Waals surface area (Å²) in [5.41, 5.74) is 3.92. The van der Waals surface area contributed by atoms with Gasteiger partial charge in [0, 0.05) is 18.3 Å². The van der Waals surface area contributed by atoms with Crippen molar-refractivity contribution in [3.63, 3.8) is 0 Å². The van der Waals surface area contributed by atoms with Gasteiger partial charge >= 0.3 is 0 Å². The number of rotatable bonds is 5. The van der Waals surface area contributed by atoms with Crippen LogP contribution < -0.4 is 10.1 Å². The van der Waals surface area contributed by atoms with Gasteiger partial charge < -0.3 is 10.1 Å². The van der Waals surface area contributed by atoms with Gasteiger partial charge in [0.2, 0.25) is 5.91 Å². The van der Waals surface area contributed by atoms with E-state index in [1.165, 1.54) is 5.56 Å². The predicted octanol–water partition coefficient (Wildman–Crippen LogP) is 3.17. The molecule has 1 amide bonds. The fourth-order valence-corrected chi connectivity index (χ4v) is 3.92. The van der Waals surface area contributed by atoms with Crippen molar-refractivity contribution in [3.8, 4) is 5.75 Å². The highest BCUT2D eigenvalue weighted by molar-refractivity contribution is 5.80. The molecule has 5 nitrogen and oxygen atoms in total. The first kappa shape index (κ1) is 17.5. The zero-order valence-corrected chi connectivity index (χ0v) is 15.6. The van der Waals surface area contributed by atoms with Crippen LogP contribution >= 0.6 is 0 Å². The maximum atomic E-state index is 12.8. The number of aryl methyl sites for hydroxylation is 2. The van der Waals surface area contributed by atoms with E-state index in [0.717, 1.165) is 48.4 Å². The Kier molecular flexibility index (Phi) is 4.84. The van der Waals surface area contributed by atoms with Crippen LogP contribution in [-0.2, 0) is 23.8 Å². The Bertz CT molecular complexity index is 756. The summed E-state index contributed by atoms with van der Waals surface area (Å²) in [6.07, 6.45) is 4.62. The molecule has 1 heterocycles. The Morgan fingerprint density at radius 3 is 2.40 bits per heavy atom. The molecule has 5 heteroatoms. The van der Waals surface area contributed by atoms with Gasteiger partial charge in [-0.05, 0) is 44.4 Å². The molecule has 1 aromatic carbocycles. The van der Waals surface area contributed by atoms with E-state index in [-0.39, 0.29) is 11.4 Å². The third-order valence-electron chi connectivity index (χ3n) is 5.47. The lowest BCUT2D eigenvalue weighted by Gasteiger charge is -2.31. The van der Waals surface area contributed by atoms with Crippen LogP contribution in [0.1, 0.15) is 48.2 Å². The topological polar surface area (TPSA) is 56.1 Å². The van der Waals surface area contributed by atoms with Gasteiger partial charge in [0.25, 0.3) is 0 Å². The van der Waals surface area contributed by atoms with E-state index >= 15 is 0 Å². The second-order valence-corrected chi connectivity index (χ2v) is 7.02. The molecule has 25 heavy (non-hydrogen) atoms. The van der Waals surface area contributed by atoms with Gasteiger partial charge in [-0.25, -0.2) is 0 Å². The summed E-state index contributed by atoms with van der Waals surface area (Å²) >= 11 is 0. The number of hydrogen-bond acceptors (Lipinski definition) is 3. The summed E-state index contributed by atoms with van der Waals surface area (Å²) in [6.45, 7) is 3.97. The summed E-state index contributed by atoms with van der Waals surface area (Å²) in [5.74, 6) is 0.904. The molecule has 1 aromatic heterocycles. The standard InChI is InChI=1S/C20H27N3O2/c1-14-18(15(2)23(3)22-14)13-19(24)21-20(11-5-6-12-20)16-7-9-17(25-4)10-8-16/h7-10H,5-6,11-13H2,1-4H3,(H,21,24). The number of benzene rings is 1. The molecule has 0 spiro atoms. The molecule has 0 aliphatic heterocycles. The molecule has 0 unspecified atom stereocenters. The lowest BCUT2D eigenvalue weighted by atomic mass is 9.87. The third-order valence-corrected chi connectivity index (χ3v) is 5.47. The van der Waals surface area contributed by atoms with Crippen LogP contribution in [-0.4, -0.2) is 22.8 Å². The van der Waals surface area contributed by atoms with Crippen molar-refractivity contribution in [2.75, 3.05) is 7.11 Å². The summed E-state index contributed by atoms with van der Waals surface area (Å²) in [5, 5.41) is 7.75. The molecule has 0 bridgehead atoms. The maximum Gasteiger partial charge on any atom is 0.225 e. The number of nitrogens with one attached hydrogen (secondary N) is 1. The molecule has 3 rings (SSSR count). The molecule has 0 saturated heterocycles. The Labute approximate surface area is 149 Å². The minimum atomic E-state index is -0.257. The van der Waals surface area contributed by atoms with E-state index in [0.29, 0.717) is 6.42 Å². The summed E-state index contributed by atoms with van der Waals surface area (Å²) in [6, 6.07) is 8.09. The average molecular weight is 341 g/mol. The Hall–Kier alpha value is -2.30. The fraction of sp³-hybridized carbons (Fsp3) is 0.500. The van der Waals surface area contributed by atoms with Crippen LogP contribution in [0.25, 0.3) is 0 Å². The largest absolute Gasteiger partial charge is 0.497 e. The normalized spacial score (nSPS) is 16.0.